The van der Waals surface area contributed by atoms with Gasteiger partial charge in [0.1, 0.15) is 0 Å². The summed E-state index contributed by atoms with van der Waals surface area (Å²) in [4.78, 5) is 62.4. The van der Waals surface area contributed by atoms with Crippen LogP contribution in [-0.2, 0) is 22.4 Å². The molecule has 12 rings (SSSR count). The lowest BCUT2D eigenvalue weighted by molar-refractivity contribution is -0.123. The number of nitrogens with zero attached hydrogens (tertiary/aromatic N) is 4. The van der Waals surface area contributed by atoms with Crippen LogP contribution in [0.2, 0.25) is 0 Å². The number of hydrogen-bond acceptors (Lipinski definition) is 12. The van der Waals surface area contributed by atoms with Gasteiger partial charge in [0.25, 0.3) is 23.4 Å². The van der Waals surface area contributed by atoms with Crippen molar-refractivity contribution in [2.24, 2.45) is 11.8 Å². The van der Waals surface area contributed by atoms with E-state index in [2.05, 4.69) is 97.6 Å². The Bertz CT molecular complexity index is 3080. The van der Waals surface area contributed by atoms with Crippen molar-refractivity contribution < 1.29 is 38.1 Å². The number of carbonyl (C=O) groups is 4. The molecule has 2 amide bonds. The first kappa shape index (κ1) is 56.1. The lowest BCUT2D eigenvalue weighted by Gasteiger charge is -2.39. The third-order valence-electron chi connectivity index (χ3n) is 19.1. The van der Waals surface area contributed by atoms with Gasteiger partial charge >= 0.3 is 0 Å². The molecule has 2 saturated carbocycles. The fourth-order valence-electron chi connectivity index (χ4n) is 14.4. The maximum atomic E-state index is 14.2. The molecule has 14 heteroatoms. The number of carbonyl (C=O) groups excluding carboxylic acids is 4. The summed E-state index contributed by atoms with van der Waals surface area (Å²) in [6, 6.07) is 5.41. The molecule has 0 radical (unpaired) electrons. The zero-order valence-electron chi connectivity index (χ0n) is 49.1. The SMILES string of the molecule is CC1=CC(C)=C(CN2CCc3c(c(C)c4c(c3-c3ccsc3)O[C@@](C)(C3CCC(N(C)C)CC3)O4)C2=O)C(=O)C1.CC1=CC(C)=C(CN2CCc3c(c(C)c4c(c3-c3ccsc3)O[C@](C)(C3CCC(N(C)C)CC3)O4)C2=O)C(=O)C1. The lowest BCUT2D eigenvalue weighted by atomic mass is 9.81. The molecular formula is C66H80N4O8S2. The summed E-state index contributed by atoms with van der Waals surface area (Å²) >= 11 is 3.29. The van der Waals surface area contributed by atoms with Gasteiger partial charge in [0.2, 0.25) is 0 Å². The molecule has 2 fully saturated rings. The van der Waals surface area contributed by atoms with E-state index in [1.807, 2.05) is 51.3 Å². The third-order valence-corrected chi connectivity index (χ3v) is 20.4. The fraction of sp³-hybridized carbons (Fsp3) is 0.515. The van der Waals surface area contributed by atoms with E-state index in [1.165, 1.54) is 0 Å². The predicted molar refractivity (Wildman–Crippen MR) is 319 cm³/mol. The normalized spacial score (nSPS) is 26.5. The van der Waals surface area contributed by atoms with Gasteiger partial charge in [-0.25, -0.2) is 0 Å². The Kier molecular flexibility index (Phi) is 15.3. The Labute approximate surface area is 481 Å². The van der Waals surface area contributed by atoms with Crippen LogP contribution in [0.25, 0.3) is 22.3 Å². The number of allylic oxidation sites excluding steroid dienone is 6. The van der Waals surface area contributed by atoms with Gasteiger partial charge in [0.05, 0.1) is 11.1 Å². The van der Waals surface area contributed by atoms with Crippen molar-refractivity contribution in [1.29, 1.82) is 0 Å². The van der Waals surface area contributed by atoms with E-state index in [9.17, 15) is 19.2 Å². The van der Waals surface area contributed by atoms with Gasteiger partial charge < -0.3 is 38.5 Å². The average Bonchev–Trinajstić information content (AvgIpc) is 4.40. The van der Waals surface area contributed by atoms with Gasteiger partial charge in [-0.05, 0) is 201 Å². The molecule has 2 aromatic carbocycles. The van der Waals surface area contributed by atoms with Crippen molar-refractivity contribution in [2.75, 3.05) is 54.4 Å². The van der Waals surface area contributed by atoms with Gasteiger partial charge in [-0.2, -0.15) is 22.7 Å². The van der Waals surface area contributed by atoms with Crippen LogP contribution < -0.4 is 18.9 Å². The van der Waals surface area contributed by atoms with E-state index in [4.69, 9.17) is 18.9 Å². The molecule has 2 aromatic heterocycles. The molecule has 4 aliphatic carbocycles. The maximum Gasteiger partial charge on any atom is 0.254 e. The van der Waals surface area contributed by atoms with Crippen LogP contribution in [-0.4, -0.2) is 121 Å². The van der Waals surface area contributed by atoms with Crippen LogP contribution in [0.3, 0.4) is 0 Å². The molecule has 6 heterocycles. The Hall–Kier alpha value is -5.80. The van der Waals surface area contributed by atoms with Crippen LogP contribution in [0.15, 0.2) is 79.2 Å². The number of benzene rings is 2. The Balaban J connectivity index is 0.000000169. The highest BCUT2D eigenvalue weighted by atomic mass is 32.1. The maximum absolute atomic E-state index is 14.2. The third kappa shape index (κ3) is 10.1. The zero-order chi connectivity index (χ0) is 56.7. The monoisotopic (exact) mass is 1120 g/mol. The second-order valence-corrected chi connectivity index (χ2v) is 26.4. The quantitative estimate of drug-likeness (QED) is 0.152. The molecule has 424 valence electrons. The molecule has 4 aromatic rings. The van der Waals surface area contributed by atoms with Gasteiger partial charge in [0.15, 0.2) is 34.6 Å². The minimum absolute atomic E-state index is 0.0268. The van der Waals surface area contributed by atoms with E-state index >= 15 is 0 Å². The van der Waals surface area contributed by atoms with Crippen molar-refractivity contribution in [3.05, 3.63) is 113 Å². The van der Waals surface area contributed by atoms with Gasteiger partial charge in [0, 0.05) is 110 Å². The summed E-state index contributed by atoms with van der Waals surface area (Å²) in [5.74, 6) is 2.20. The smallest absolute Gasteiger partial charge is 0.254 e. The number of rotatable bonds is 10. The number of amides is 2. The minimum Gasteiger partial charge on any atom is -0.448 e. The van der Waals surface area contributed by atoms with Crippen molar-refractivity contribution in [2.45, 2.75) is 156 Å². The Morgan fingerprint density at radius 1 is 0.525 bits per heavy atom. The average molecular weight is 1120 g/mol. The zero-order valence-corrected chi connectivity index (χ0v) is 50.7. The number of Topliss-reactive ketones (excluding diaryl/α,β-unsaturated/α-hetero) is 2. The molecule has 12 nitrogen and oxygen atoms in total. The minimum atomic E-state index is -0.761. The summed E-state index contributed by atoms with van der Waals surface area (Å²) in [5, 5.41) is 8.41. The number of ketones is 2. The van der Waals surface area contributed by atoms with Crippen molar-refractivity contribution in [3.8, 4) is 45.3 Å². The molecule has 0 unspecified atom stereocenters. The Morgan fingerprint density at radius 3 is 1.21 bits per heavy atom. The van der Waals surface area contributed by atoms with E-state index in [-0.39, 0.29) is 35.2 Å². The second-order valence-electron chi connectivity index (χ2n) is 24.9. The first-order valence-corrected chi connectivity index (χ1v) is 30.9. The summed E-state index contributed by atoms with van der Waals surface area (Å²) in [7, 11) is 8.64. The molecule has 4 aliphatic heterocycles. The van der Waals surface area contributed by atoms with Crippen LogP contribution in [0.5, 0.6) is 23.0 Å². The van der Waals surface area contributed by atoms with Crippen molar-refractivity contribution in [1.82, 2.24) is 19.6 Å². The first-order valence-electron chi connectivity index (χ1n) is 29.1. The first-order chi connectivity index (χ1) is 38.1. The predicted octanol–water partition coefficient (Wildman–Crippen LogP) is 13.1. The highest BCUT2D eigenvalue weighted by molar-refractivity contribution is 7.08. The summed E-state index contributed by atoms with van der Waals surface area (Å²) in [6.07, 6.45) is 15.1. The van der Waals surface area contributed by atoms with Gasteiger partial charge in [-0.3, -0.25) is 19.2 Å². The van der Waals surface area contributed by atoms with Crippen molar-refractivity contribution >= 4 is 46.1 Å². The Morgan fingerprint density at radius 2 is 0.887 bits per heavy atom. The fourth-order valence-corrected chi connectivity index (χ4v) is 15.7. The highest BCUT2D eigenvalue weighted by Crippen LogP contribution is 2.57. The van der Waals surface area contributed by atoms with Crippen LogP contribution >= 0.6 is 22.7 Å². The van der Waals surface area contributed by atoms with Gasteiger partial charge in [-0.1, -0.05) is 23.3 Å². The summed E-state index contributed by atoms with van der Waals surface area (Å²) < 4.78 is 27.2. The van der Waals surface area contributed by atoms with Crippen LogP contribution in [0.4, 0.5) is 0 Å². The summed E-state index contributed by atoms with van der Waals surface area (Å²) in [5.41, 5.74) is 14.9. The lowest BCUT2D eigenvalue weighted by Crippen LogP contribution is -2.46. The topological polar surface area (TPSA) is 118 Å². The number of fused-ring (bicyclic) bond motifs is 4. The van der Waals surface area contributed by atoms with Gasteiger partial charge in [-0.15, -0.1) is 0 Å². The molecule has 2 atom stereocenters. The molecule has 0 saturated heterocycles. The largest absolute Gasteiger partial charge is 0.448 e. The van der Waals surface area contributed by atoms with E-state index in [1.54, 1.807) is 22.7 Å². The molecule has 0 N–H and O–H groups in total. The standard InChI is InChI=1S/2C33H40N2O4S/c2*1-19-15-20(2)26(27(36)16-19)17-35-13-11-25-28(32(35)37)21(3)30-31(29(25)22-12-14-40-18-22)39-33(4,38-30)23-7-9-24(10-8-23)34(5)6/h2*12,14-15,18,23-24H,7-11,13,16-17H2,1-6H3/t2*23?,24?,33-/m10/s1. The van der Waals surface area contributed by atoms with E-state index < -0.39 is 11.6 Å². The highest BCUT2D eigenvalue weighted by Gasteiger charge is 2.51. The summed E-state index contributed by atoms with van der Waals surface area (Å²) in [6.45, 7) is 17.9. The number of thiophene rings is 2. The van der Waals surface area contributed by atoms with Crippen LogP contribution in [0, 0.1) is 25.7 Å². The molecule has 8 aliphatic rings. The number of ether oxygens (including phenoxy) is 4. The van der Waals surface area contributed by atoms with Crippen molar-refractivity contribution in [3.63, 3.8) is 0 Å². The number of hydrogen-bond donors (Lipinski definition) is 0. The molecule has 80 heavy (non-hydrogen) atoms. The van der Waals surface area contributed by atoms with E-state index in [0.717, 1.165) is 141 Å². The van der Waals surface area contributed by atoms with E-state index in [0.29, 0.717) is 86.6 Å². The van der Waals surface area contributed by atoms with Crippen LogP contribution in [0.1, 0.15) is 149 Å². The molecule has 0 spiro atoms. The second kappa shape index (κ2) is 21.8. The molecular weight excluding hydrogens is 1040 g/mol. The molecule has 0 bridgehead atoms.